The van der Waals surface area contributed by atoms with E-state index < -0.39 is 11.7 Å². The maximum absolute atomic E-state index is 14.0. The summed E-state index contributed by atoms with van der Waals surface area (Å²) in [5, 5.41) is 1.56. The number of benzene rings is 3. The van der Waals surface area contributed by atoms with Crippen LogP contribution in [0.1, 0.15) is 48.8 Å². The number of rotatable bonds is 6. The van der Waals surface area contributed by atoms with Gasteiger partial charge in [-0.2, -0.15) is 13.2 Å². The van der Waals surface area contributed by atoms with Crippen LogP contribution < -0.4 is 0 Å². The Morgan fingerprint density at radius 1 is 0.852 bits per heavy atom. The van der Waals surface area contributed by atoms with Crippen LogP contribution in [0.5, 0.6) is 0 Å². The number of aryl methyl sites for hydroxylation is 1. The van der Waals surface area contributed by atoms with Crippen molar-refractivity contribution in [3.63, 3.8) is 0 Å². The fourth-order valence-corrected chi connectivity index (χ4v) is 3.55. The molecule has 0 bridgehead atoms. The molecule has 0 aliphatic heterocycles. The highest BCUT2D eigenvalue weighted by Crippen LogP contribution is 2.31. The lowest BCUT2D eigenvalue weighted by atomic mass is 9.90. The third kappa shape index (κ3) is 4.68. The third-order valence-electron chi connectivity index (χ3n) is 5.04. The number of alkyl halides is 3. The Kier molecular flexibility index (Phi) is 5.83. The Morgan fingerprint density at radius 3 is 2.33 bits per heavy atom. The predicted octanol–water partition coefficient (Wildman–Crippen LogP) is 7.51. The highest BCUT2D eigenvalue weighted by Gasteiger charge is 2.30. The van der Waals surface area contributed by atoms with Crippen LogP contribution in [0.2, 0.25) is 0 Å². The van der Waals surface area contributed by atoms with Crippen LogP contribution in [0, 0.1) is 5.82 Å². The van der Waals surface area contributed by atoms with Gasteiger partial charge < -0.3 is 0 Å². The number of unbranched alkanes of at least 4 members (excludes halogenated alkanes) is 1. The van der Waals surface area contributed by atoms with Crippen molar-refractivity contribution in [2.75, 3.05) is 0 Å². The second-order valence-electron chi connectivity index (χ2n) is 7.03. The second kappa shape index (κ2) is 8.12. The summed E-state index contributed by atoms with van der Waals surface area (Å²) in [6, 6.07) is 16.4. The van der Waals surface area contributed by atoms with Gasteiger partial charge in [0, 0.05) is 5.39 Å². The minimum absolute atomic E-state index is 0.217. The molecule has 0 radical (unpaired) electrons. The summed E-state index contributed by atoms with van der Waals surface area (Å²) in [6.45, 7) is 2.12. The molecule has 3 aromatic rings. The Labute approximate surface area is 156 Å². The summed E-state index contributed by atoms with van der Waals surface area (Å²) in [5.74, 6) is 0.0445. The zero-order valence-corrected chi connectivity index (χ0v) is 15.2. The van der Waals surface area contributed by atoms with Gasteiger partial charge in [0.25, 0.3) is 0 Å². The van der Waals surface area contributed by atoms with Crippen LogP contribution in [0.25, 0.3) is 10.8 Å². The molecular weight excluding hydrogens is 352 g/mol. The van der Waals surface area contributed by atoms with Crippen molar-refractivity contribution in [2.24, 2.45) is 0 Å². The number of hydrogen-bond donors (Lipinski definition) is 0. The van der Waals surface area contributed by atoms with Gasteiger partial charge in [-0.15, -0.1) is 0 Å². The van der Waals surface area contributed by atoms with Crippen LogP contribution in [-0.4, -0.2) is 0 Å². The van der Waals surface area contributed by atoms with Crippen molar-refractivity contribution in [2.45, 2.75) is 44.7 Å². The summed E-state index contributed by atoms with van der Waals surface area (Å²) >= 11 is 0. The number of hydrogen-bond acceptors (Lipinski definition) is 0. The molecule has 0 aliphatic carbocycles. The Bertz CT molecular complexity index is 912. The van der Waals surface area contributed by atoms with Gasteiger partial charge in [-0.3, -0.25) is 0 Å². The standard InChI is InChI=1S/C23H22F4/c1-16(19-13-14-22(24)21-12-5-4-11-20(19)21)7-2-3-8-17-9-6-10-18(15-17)23(25,26)27/h4-6,9-16H,2-3,7-8H2,1H3/t16-/m0/s1. The summed E-state index contributed by atoms with van der Waals surface area (Å²) in [6.07, 6.45) is -1.03. The van der Waals surface area contributed by atoms with Crippen molar-refractivity contribution in [1.29, 1.82) is 0 Å². The topological polar surface area (TPSA) is 0 Å². The van der Waals surface area contributed by atoms with Crippen LogP contribution >= 0.6 is 0 Å². The maximum Gasteiger partial charge on any atom is 0.416 e. The molecule has 0 fully saturated rings. The zero-order valence-electron chi connectivity index (χ0n) is 15.2. The van der Waals surface area contributed by atoms with Gasteiger partial charge in [0.05, 0.1) is 5.56 Å². The van der Waals surface area contributed by atoms with Crippen LogP contribution in [0.3, 0.4) is 0 Å². The van der Waals surface area contributed by atoms with Crippen LogP contribution in [0.15, 0.2) is 60.7 Å². The molecular formula is C23H22F4. The minimum atomic E-state index is -4.30. The highest BCUT2D eigenvalue weighted by atomic mass is 19.4. The first-order chi connectivity index (χ1) is 12.9. The summed E-state index contributed by atoms with van der Waals surface area (Å²) in [7, 11) is 0. The minimum Gasteiger partial charge on any atom is -0.206 e. The monoisotopic (exact) mass is 374 g/mol. The van der Waals surface area contributed by atoms with Crippen molar-refractivity contribution in [3.8, 4) is 0 Å². The Morgan fingerprint density at radius 2 is 1.59 bits per heavy atom. The van der Waals surface area contributed by atoms with Gasteiger partial charge in [-0.05, 0) is 53.8 Å². The zero-order chi connectivity index (χ0) is 19.4. The van der Waals surface area contributed by atoms with E-state index in [2.05, 4.69) is 6.92 Å². The molecule has 0 aromatic heterocycles. The first-order valence-electron chi connectivity index (χ1n) is 9.19. The van der Waals surface area contributed by atoms with Crippen molar-refractivity contribution in [1.82, 2.24) is 0 Å². The molecule has 0 saturated carbocycles. The SMILES string of the molecule is C[C@@H](CCCCc1cccc(C(F)(F)F)c1)c1ccc(F)c2ccccc12. The number of halogens is 4. The smallest absolute Gasteiger partial charge is 0.206 e. The molecule has 3 aromatic carbocycles. The lowest BCUT2D eigenvalue weighted by Crippen LogP contribution is -2.05. The summed E-state index contributed by atoms with van der Waals surface area (Å²) in [4.78, 5) is 0. The van der Waals surface area contributed by atoms with Gasteiger partial charge >= 0.3 is 6.18 Å². The molecule has 3 rings (SSSR count). The van der Waals surface area contributed by atoms with E-state index >= 15 is 0 Å². The summed E-state index contributed by atoms with van der Waals surface area (Å²) < 4.78 is 52.3. The third-order valence-corrected chi connectivity index (χ3v) is 5.04. The van der Waals surface area contributed by atoms with E-state index in [9.17, 15) is 17.6 Å². The highest BCUT2D eigenvalue weighted by molar-refractivity contribution is 5.86. The molecule has 0 unspecified atom stereocenters. The van der Waals surface area contributed by atoms with E-state index in [0.717, 1.165) is 36.3 Å². The molecule has 142 valence electrons. The average molecular weight is 374 g/mol. The first kappa shape index (κ1) is 19.4. The van der Waals surface area contributed by atoms with Crippen LogP contribution in [0.4, 0.5) is 17.6 Å². The van der Waals surface area contributed by atoms with Crippen LogP contribution in [-0.2, 0) is 12.6 Å². The van der Waals surface area contributed by atoms with E-state index in [1.807, 2.05) is 24.3 Å². The second-order valence-corrected chi connectivity index (χ2v) is 7.03. The Balaban J connectivity index is 1.60. The van der Waals surface area contributed by atoms with Gasteiger partial charge in [0.15, 0.2) is 0 Å². The normalized spacial score (nSPS) is 13.1. The van der Waals surface area contributed by atoms with Gasteiger partial charge in [0.2, 0.25) is 0 Å². The summed E-state index contributed by atoms with van der Waals surface area (Å²) in [5.41, 5.74) is 1.24. The molecule has 0 nitrogen and oxygen atoms in total. The Hall–Kier alpha value is -2.36. The van der Waals surface area contributed by atoms with Gasteiger partial charge in [0.1, 0.15) is 5.82 Å². The molecule has 27 heavy (non-hydrogen) atoms. The number of fused-ring (bicyclic) bond motifs is 1. The predicted molar refractivity (Wildman–Crippen MR) is 101 cm³/mol. The molecule has 4 heteroatoms. The van der Waals surface area contributed by atoms with E-state index in [-0.39, 0.29) is 11.7 Å². The molecule has 0 aliphatic rings. The van der Waals surface area contributed by atoms with E-state index in [1.54, 1.807) is 12.1 Å². The molecule has 0 spiro atoms. The van der Waals surface area contributed by atoms with E-state index in [4.69, 9.17) is 0 Å². The van der Waals surface area contributed by atoms with Crippen molar-refractivity contribution in [3.05, 3.63) is 83.2 Å². The lowest BCUT2D eigenvalue weighted by molar-refractivity contribution is -0.137. The van der Waals surface area contributed by atoms with E-state index in [1.165, 1.54) is 18.2 Å². The molecule has 0 saturated heterocycles. The van der Waals surface area contributed by atoms with Crippen molar-refractivity contribution >= 4 is 10.8 Å². The fraction of sp³-hybridized carbons (Fsp3) is 0.304. The van der Waals surface area contributed by atoms with Crippen molar-refractivity contribution < 1.29 is 17.6 Å². The molecule has 0 amide bonds. The lowest BCUT2D eigenvalue weighted by Gasteiger charge is -2.15. The molecule has 0 N–H and O–H groups in total. The fourth-order valence-electron chi connectivity index (χ4n) is 3.55. The largest absolute Gasteiger partial charge is 0.416 e. The quantitative estimate of drug-likeness (QED) is 0.309. The van der Waals surface area contributed by atoms with Gasteiger partial charge in [-0.25, -0.2) is 4.39 Å². The average Bonchev–Trinajstić information content (AvgIpc) is 2.65. The molecule has 0 heterocycles. The van der Waals surface area contributed by atoms with Gasteiger partial charge in [-0.1, -0.05) is 61.9 Å². The van der Waals surface area contributed by atoms with E-state index in [0.29, 0.717) is 17.4 Å². The first-order valence-corrected chi connectivity index (χ1v) is 9.19. The maximum atomic E-state index is 14.0. The molecule has 1 atom stereocenters.